The SMILES string of the molecule is c1ccc2c3c4c(cccc4cc2c1)N=N3. The van der Waals surface area contributed by atoms with Crippen LogP contribution in [0.4, 0.5) is 11.4 Å². The first-order chi connectivity index (χ1) is 7.93. The lowest BCUT2D eigenvalue weighted by molar-refractivity contribution is 1.31. The van der Waals surface area contributed by atoms with Crippen LogP contribution >= 0.6 is 0 Å². The van der Waals surface area contributed by atoms with Crippen LogP contribution in [0.25, 0.3) is 21.5 Å². The Morgan fingerprint density at radius 2 is 1.62 bits per heavy atom. The zero-order valence-corrected chi connectivity index (χ0v) is 8.51. The van der Waals surface area contributed by atoms with E-state index >= 15 is 0 Å². The molecule has 4 rings (SSSR count). The van der Waals surface area contributed by atoms with Crippen LogP contribution in [-0.2, 0) is 0 Å². The number of hydrogen-bond acceptors (Lipinski definition) is 2. The van der Waals surface area contributed by atoms with Gasteiger partial charge in [0.1, 0.15) is 5.69 Å². The fraction of sp³-hybridized carbons (Fsp3) is 0. The molecule has 16 heavy (non-hydrogen) atoms. The Morgan fingerprint density at radius 3 is 2.62 bits per heavy atom. The highest BCUT2D eigenvalue weighted by Gasteiger charge is 2.14. The Bertz CT molecular complexity index is 757. The average Bonchev–Trinajstić information content (AvgIpc) is 2.76. The van der Waals surface area contributed by atoms with E-state index in [4.69, 9.17) is 0 Å². The van der Waals surface area contributed by atoms with Crippen LogP contribution in [0.2, 0.25) is 0 Å². The smallest absolute Gasteiger partial charge is 0.104 e. The second kappa shape index (κ2) is 2.67. The number of hydrogen-bond donors (Lipinski definition) is 0. The van der Waals surface area contributed by atoms with E-state index in [-0.39, 0.29) is 0 Å². The van der Waals surface area contributed by atoms with Gasteiger partial charge in [-0.1, -0.05) is 36.4 Å². The summed E-state index contributed by atoms with van der Waals surface area (Å²) in [4.78, 5) is 0. The molecule has 0 aromatic heterocycles. The van der Waals surface area contributed by atoms with Crippen molar-refractivity contribution in [2.24, 2.45) is 10.2 Å². The Hall–Kier alpha value is -2.22. The van der Waals surface area contributed by atoms with Gasteiger partial charge < -0.3 is 0 Å². The standard InChI is InChI=1S/C14H8N2/c1-2-6-11-9(4-1)8-10-5-3-7-12-13(10)14(11)16-15-12/h1-8H. The predicted molar refractivity (Wildman–Crippen MR) is 65.6 cm³/mol. The summed E-state index contributed by atoms with van der Waals surface area (Å²) in [5.74, 6) is 0. The van der Waals surface area contributed by atoms with E-state index in [1.54, 1.807) is 0 Å². The number of azo groups is 1. The maximum Gasteiger partial charge on any atom is 0.104 e. The molecule has 2 heteroatoms. The normalized spacial score (nSPS) is 12.8. The van der Waals surface area contributed by atoms with Crippen molar-refractivity contribution in [3.8, 4) is 0 Å². The van der Waals surface area contributed by atoms with Crippen LogP contribution in [0.5, 0.6) is 0 Å². The molecule has 0 amide bonds. The number of rotatable bonds is 0. The van der Waals surface area contributed by atoms with Crippen molar-refractivity contribution in [3.05, 3.63) is 48.5 Å². The maximum atomic E-state index is 4.30. The molecule has 1 aliphatic rings. The van der Waals surface area contributed by atoms with Crippen LogP contribution in [0.1, 0.15) is 0 Å². The van der Waals surface area contributed by atoms with Gasteiger partial charge in [0, 0.05) is 10.8 Å². The van der Waals surface area contributed by atoms with Gasteiger partial charge in [-0.15, -0.1) is 10.2 Å². The quantitative estimate of drug-likeness (QED) is 0.370. The molecule has 2 nitrogen and oxygen atoms in total. The van der Waals surface area contributed by atoms with Crippen molar-refractivity contribution in [3.63, 3.8) is 0 Å². The first-order valence-corrected chi connectivity index (χ1v) is 5.30. The van der Waals surface area contributed by atoms with E-state index in [9.17, 15) is 0 Å². The molecule has 0 fully saturated rings. The van der Waals surface area contributed by atoms with E-state index in [0.29, 0.717) is 0 Å². The van der Waals surface area contributed by atoms with Gasteiger partial charge >= 0.3 is 0 Å². The van der Waals surface area contributed by atoms with E-state index in [1.807, 2.05) is 18.2 Å². The molecule has 74 valence electrons. The highest BCUT2D eigenvalue weighted by Crippen LogP contribution is 2.44. The summed E-state index contributed by atoms with van der Waals surface area (Å²) in [6.45, 7) is 0. The van der Waals surface area contributed by atoms with Gasteiger partial charge in [-0.25, -0.2) is 0 Å². The largest absolute Gasteiger partial charge is 0.150 e. The van der Waals surface area contributed by atoms with Gasteiger partial charge in [0.15, 0.2) is 0 Å². The second-order valence-electron chi connectivity index (χ2n) is 4.02. The molecular weight excluding hydrogens is 196 g/mol. The van der Waals surface area contributed by atoms with Crippen LogP contribution in [0.3, 0.4) is 0 Å². The topological polar surface area (TPSA) is 24.7 Å². The molecule has 0 spiro atoms. The Labute approximate surface area is 92.2 Å². The lowest BCUT2D eigenvalue weighted by Gasteiger charge is -2.03. The lowest BCUT2D eigenvalue weighted by Crippen LogP contribution is -1.75. The highest BCUT2D eigenvalue weighted by atomic mass is 15.1. The van der Waals surface area contributed by atoms with Crippen LogP contribution < -0.4 is 0 Å². The molecule has 0 radical (unpaired) electrons. The number of nitrogens with zero attached hydrogens (tertiary/aromatic N) is 2. The third-order valence-corrected chi connectivity index (χ3v) is 3.10. The number of fused-ring (bicyclic) bond motifs is 2. The molecule has 0 saturated carbocycles. The molecule has 0 saturated heterocycles. The van der Waals surface area contributed by atoms with Gasteiger partial charge in [-0.3, -0.25) is 0 Å². The summed E-state index contributed by atoms with van der Waals surface area (Å²) in [5.41, 5.74) is 2.00. The van der Waals surface area contributed by atoms with Gasteiger partial charge in [0.25, 0.3) is 0 Å². The summed E-state index contributed by atoms with van der Waals surface area (Å²) in [6.07, 6.45) is 0. The minimum Gasteiger partial charge on any atom is -0.150 e. The van der Waals surface area contributed by atoms with Gasteiger partial charge in [-0.05, 0) is 22.9 Å². The third kappa shape index (κ3) is 0.865. The molecule has 0 aliphatic carbocycles. The van der Waals surface area contributed by atoms with Crippen molar-refractivity contribution >= 4 is 32.9 Å². The monoisotopic (exact) mass is 204 g/mol. The van der Waals surface area contributed by atoms with E-state index in [0.717, 1.165) is 11.4 Å². The molecule has 0 bridgehead atoms. The molecule has 0 N–H and O–H groups in total. The summed E-state index contributed by atoms with van der Waals surface area (Å²) in [6, 6.07) is 16.7. The van der Waals surface area contributed by atoms with Crippen LogP contribution in [0.15, 0.2) is 58.8 Å². The minimum absolute atomic E-state index is 0.984. The van der Waals surface area contributed by atoms with E-state index in [2.05, 4.69) is 40.6 Å². The zero-order valence-electron chi connectivity index (χ0n) is 8.51. The predicted octanol–water partition coefficient (Wildman–Crippen LogP) is 4.72. The Morgan fingerprint density at radius 1 is 0.750 bits per heavy atom. The summed E-state index contributed by atoms with van der Waals surface area (Å²) in [5, 5.41) is 13.3. The van der Waals surface area contributed by atoms with Crippen molar-refractivity contribution in [2.75, 3.05) is 0 Å². The first kappa shape index (κ1) is 7.99. The van der Waals surface area contributed by atoms with Crippen molar-refractivity contribution in [1.82, 2.24) is 0 Å². The van der Waals surface area contributed by atoms with E-state index in [1.165, 1.54) is 21.5 Å². The third-order valence-electron chi connectivity index (χ3n) is 3.10. The molecule has 1 heterocycles. The average molecular weight is 204 g/mol. The van der Waals surface area contributed by atoms with Crippen LogP contribution in [0, 0.1) is 0 Å². The Kier molecular flexibility index (Phi) is 1.33. The first-order valence-electron chi connectivity index (χ1n) is 5.30. The molecule has 0 unspecified atom stereocenters. The van der Waals surface area contributed by atoms with Gasteiger partial charge in [0.2, 0.25) is 0 Å². The lowest BCUT2D eigenvalue weighted by atomic mass is 10.0. The van der Waals surface area contributed by atoms with Crippen molar-refractivity contribution in [1.29, 1.82) is 0 Å². The summed E-state index contributed by atoms with van der Waals surface area (Å²) >= 11 is 0. The summed E-state index contributed by atoms with van der Waals surface area (Å²) < 4.78 is 0. The molecule has 0 atom stereocenters. The van der Waals surface area contributed by atoms with Crippen molar-refractivity contribution < 1.29 is 0 Å². The molecule has 1 aliphatic heterocycles. The minimum atomic E-state index is 0.984. The molecular formula is C14H8N2. The van der Waals surface area contributed by atoms with Crippen LogP contribution in [-0.4, -0.2) is 0 Å². The fourth-order valence-electron chi connectivity index (χ4n) is 2.37. The highest BCUT2D eigenvalue weighted by molar-refractivity contribution is 6.14. The Balaban J connectivity index is 2.38. The second-order valence-corrected chi connectivity index (χ2v) is 4.02. The maximum absolute atomic E-state index is 4.30. The summed E-state index contributed by atoms with van der Waals surface area (Å²) in [7, 11) is 0. The fourth-order valence-corrected chi connectivity index (χ4v) is 2.37. The molecule has 3 aromatic carbocycles. The molecule has 3 aromatic rings. The zero-order chi connectivity index (χ0) is 10.5. The van der Waals surface area contributed by atoms with Crippen molar-refractivity contribution in [2.45, 2.75) is 0 Å². The van der Waals surface area contributed by atoms with Gasteiger partial charge in [-0.2, -0.15) is 0 Å². The number of benzene rings is 3. The van der Waals surface area contributed by atoms with Gasteiger partial charge in [0.05, 0.1) is 5.69 Å². The van der Waals surface area contributed by atoms with E-state index < -0.39 is 0 Å².